The van der Waals surface area contributed by atoms with Crippen molar-refractivity contribution >= 4 is 0 Å². The highest BCUT2D eigenvalue weighted by atomic mass is 16.3. The molecule has 0 radical (unpaired) electrons. The average Bonchev–Trinajstić information content (AvgIpc) is 1.78. The predicted octanol–water partition coefficient (Wildman–Crippen LogP) is 0.672. The number of aliphatic hydroxyl groups is 2. The van der Waals surface area contributed by atoms with Crippen LogP contribution in [0.25, 0.3) is 0 Å². The molecule has 2 N–H and O–H groups in total. The fourth-order valence-electron chi connectivity index (χ4n) is 1.22. The van der Waals surface area contributed by atoms with Gasteiger partial charge in [-0.3, -0.25) is 0 Å². The summed E-state index contributed by atoms with van der Waals surface area (Å²) in [5, 5.41) is 18.4. The van der Waals surface area contributed by atoms with Crippen LogP contribution >= 0.6 is 0 Å². The second-order valence-electron chi connectivity index (χ2n) is 3.23. The fraction of sp³-hybridized carbons (Fsp3) is 1.00. The van der Waals surface area contributed by atoms with Gasteiger partial charge in [-0.05, 0) is 32.6 Å². The van der Waals surface area contributed by atoms with E-state index in [9.17, 15) is 5.11 Å². The van der Waals surface area contributed by atoms with Crippen LogP contribution in [0.5, 0.6) is 0 Å². The van der Waals surface area contributed by atoms with Crippen LogP contribution in [0.4, 0.5) is 0 Å². The van der Waals surface area contributed by atoms with E-state index in [0.29, 0.717) is 0 Å². The van der Waals surface area contributed by atoms with Crippen LogP contribution in [0.3, 0.4) is 0 Å². The van der Waals surface area contributed by atoms with Gasteiger partial charge < -0.3 is 10.2 Å². The molecule has 1 aliphatic carbocycles. The lowest BCUT2D eigenvalue weighted by molar-refractivity contribution is -0.0175. The van der Waals surface area contributed by atoms with Gasteiger partial charge in [0.2, 0.25) is 0 Å². The summed E-state index contributed by atoms with van der Waals surface area (Å²) in [6.07, 6.45) is 2.84. The monoisotopic (exact) mass is 130 g/mol. The van der Waals surface area contributed by atoms with Gasteiger partial charge in [0, 0.05) is 0 Å². The van der Waals surface area contributed by atoms with Crippen molar-refractivity contribution in [3.05, 3.63) is 0 Å². The summed E-state index contributed by atoms with van der Waals surface area (Å²) in [5.41, 5.74) is -0.501. The van der Waals surface area contributed by atoms with E-state index in [-0.39, 0.29) is 6.10 Å². The van der Waals surface area contributed by atoms with Crippen molar-refractivity contribution in [2.75, 3.05) is 0 Å². The second kappa shape index (κ2) is 2.27. The summed E-state index contributed by atoms with van der Waals surface area (Å²) in [4.78, 5) is 0. The smallest absolute Gasteiger partial charge is 0.0621 e. The predicted molar refractivity (Wildman–Crippen MR) is 35.1 cm³/mol. The zero-order valence-corrected chi connectivity index (χ0v) is 5.80. The molecular weight excluding hydrogens is 116 g/mol. The number of hydrogen-bond acceptors (Lipinski definition) is 2. The molecule has 2 heteroatoms. The summed E-state index contributed by atoms with van der Waals surface area (Å²) in [7, 11) is 0. The van der Waals surface area contributed by atoms with Crippen molar-refractivity contribution < 1.29 is 10.2 Å². The third-order valence-corrected chi connectivity index (χ3v) is 2.03. The Labute approximate surface area is 55.5 Å². The molecular formula is C7H14O2. The number of aliphatic hydroxyl groups excluding tert-OH is 1. The van der Waals surface area contributed by atoms with E-state index in [2.05, 4.69) is 0 Å². The molecule has 9 heavy (non-hydrogen) atoms. The molecule has 2 nitrogen and oxygen atoms in total. The van der Waals surface area contributed by atoms with Crippen LogP contribution in [0, 0.1) is 0 Å². The molecule has 1 aliphatic rings. The molecule has 0 atom stereocenters. The van der Waals surface area contributed by atoms with Crippen LogP contribution in [0.15, 0.2) is 0 Å². The Bertz CT molecular complexity index is 89.1. The molecule has 1 rings (SSSR count). The minimum absolute atomic E-state index is 0.162. The Hall–Kier alpha value is -0.0800. The molecule has 54 valence electrons. The van der Waals surface area contributed by atoms with Crippen LogP contribution in [-0.4, -0.2) is 21.9 Å². The molecule has 1 fully saturated rings. The third kappa shape index (κ3) is 1.95. The molecule has 0 bridgehead atoms. The first-order chi connectivity index (χ1) is 4.10. The Morgan fingerprint density at radius 3 is 2.11 bits per heavy atom. The van der Waals surface area contributed by atoms with Gasteiger partial charge in [0.25, 0.3) is 0 Å². The summed E-state index contributed by atoms with van der Waals surface area (Å²) in [6, 6.07) is 0. The summed E-state index contributed by atoms with van der Waals surface area (Å²) in [6.45, 7) is 1.83. The van der Waals surface area contributed by atoms with E-state index < -0.39 is 5.60 Å². The van der Waals surface area contributed by atoms with Crippen LogP contribution in [0.1, 0.15) is 32.6 Å². The standard InChI is InChI=1S/C7H14O2/c1-7(9)4-2-6(8)3-5-7/h6,8-9H,2-5H2,1H3/t6-,7+. The average molecular weight is 130 g/mol. The van der Waals surface area contributed by atoms with Crippen LogP contribution < -0.4 is 0 Å². The Balaban J connectivity index is 2.35. The van der Waals surface area contributed by atoms with Crippen molar-refractivity contribution in [3.63, 3.8) is 0 Å². The lowest BCUT2D eigenvalue weighted by atomic mass is 9.85. The van der Waals surface area contributed by atoms with Gasteiger partial charge in [0.1, 0.15) is 0 Å². The normalized spacial score (nSPS) is 45.0. The number of hydrogen-bond donors (Lipinski definition) is 2. The summed E-state index contributed by atoms with van der Waals surface area (Å²) < 4.78 is 0. The molecule has 0 aliphatic heterocycles. The maximum atomic E-state index is 9.38. The molecule has 0 spiro atoms. The van der Waals surface area contributed by atoms with Gasteiger partial charge >= 0.3 is 0 Å². The maximum Gasteiger partial charge on any atom is 0.0621 e. The highest BCUT2D eigenvalue weighted by Gasteiger charge is 2.27. The van der Waals surface area contributed by atoms with E-state index in [1.54, 1.807) is 0 Å². The topological polar surface area (TPSA) is 40.5 Å². The third-order valence-electron chi connectivity index (χ3n) is 2.03. The molecule has 0 unspecified atom stereocenters. The fourth-order valence-corrected chi connectivity index (χ4v) is 1.22. The maximum absolute atomic E-state index is 9.38. The Morgan fingerprint density at radius 2 is 1.78 bits per heavy atom. The second-order valence-corrected chi connectivity index (χ2v) is 3.23. The first-order valence-corrected chi connectivity index (χ1v) is 3.51. The minimum atomic E-state index is -0.501. The van der Waals surface area contributed by atoms with Gasteiger partial charge in [-0.25, -0.2) is 0 Å². The lowest BCUT2D eigenvalue weighted by Gasteiger charge is -2.30. The first-order valence-electron chi connectivity index (χ1n) is 3.51. The van der Waals surface area contributed by atoms with E-state index in [0.717, 1.165) is 25.7 Å². The van der Waals surface area contributed by atoms with Crippen molar-refractivity contribution in [2.45, 2.75) is 44.3 Å². The zero-order valence-electron chi connectivity index (χ0n) is 5.80. The molecule has 0 heterocycles. The quantitative estimate of drug-likeness (QED) is 0.506. The minimum Gasteiger partial charge on any atom is -0.393 e. The molecule has 0 aromatic rings. The Kier molecular flexibility index (Phi) is 1.78. The molecule has 0 saturated heterocycles. The van der Waals surface area contributed by atoms with Gasteiger partial charge in [-0.2, -0.15) is 0 Å². The van der Waals surface area contributed by atoms with Crippen molar-refractivity contribution in [2.24, 2.45) is 0 Å². The number of rotatable bonds is 0. The zero-order chi connectivity index (χ0) is 6.91. The van der Waals surface area contributed by atoms with Crippen LogP contribution in [0.2, 0.25) is 0 Å². The first kappa shape index (κ1) is 7.03. The SMILES string of the molecule is C[C@]1(O)CC[C@@H](O)CC1. The highest BCUT2D eigenvalue weighted by Crippen LogP contribution is 2.27. The summed E-state index contributed by atoms with van der Waals surface area (Å²) >= 11 is 0. The molecule has 0 aromatic carbocycles. The van der Waals surface area contributed by atoms with E-state index in [1.165, 1.54) is 0 Å². The van der Waals surface area contributed by atoms with E-state index >= 15 is 0 Å². The lowest BCUT2D eigenvalue weighted by Crippen LogP contribution is -2.32. The van der Waals surface area contributed by atoms with Crippen molar-refractivity contribution in [3.8, 4) is 0 Å². The van der Waals surface area contributed by atoms with Gasteiger partial charge in [0.15, 0.2) is 0 Å². The molecule has 1 saturated carbocycles. The van der Waals surface area contributed by atoms with Crippen molar-refractivity contribution in [1.82, 2.24) is 0 Å². The largest absolute Gasteiger partial charge is 0.393 e. The van der Waals surface area contributed by atoms with E-state index in [1.807, 2.05) is 6.92 Å². The highest BCUT2D eigenvalue weighted by molar-refractivity contribution is 4.80. The molecule has 0 aromatic heterocycles. The van der Waals surface area contributed by atoms with E-state index in [4.69, 9.17) is 5.11 Å². The summed E-state index contributed by atoms with van der Waals surface area (Å²) in [5.74, 6) is 0. The molecule has 0 amide bonds. The Morgan fingerprint density at radius 1 is 1.33 bits per heavy atom. The van der Waals surface area contributed by atoms with Gasteiger partial charge in [-0.1, -0.05) is 0 Å². The van der Waals surface area contributed by atoms with Gasteiger partial charge in [0.05, 0.1) is 11.7 Å². The van der Waals surface area contributed by atoms with Gasteiger partial charge in [-0.15, -0.1) is 0 Å². The van der Waals surface area contributed by atoms with Crippen molar-refractivity contribution in [1.29, 1.82) is 0 Å². The van der Waals surface area contributed by atoms with Crippen LogP contribution in [-0.2, 0) is 0 Å².